The molecule has 152 valence electrons. The van der Waals surface area contributed by atoms with E-state index in [0.717, 1.165) is 12.1 Å². The summed E-state index contributed by atoms with van der Waals surface area (Å²) in [5, 5.41) is 2.67. The van der Waals surface area contributed by atoms with Crippen LogP contribution in [0.5, 0.6) is 0 Å². The van der Waals surface area contributed by atoms with Crippen LogP contribution in [-0.2, 0) is 24.8 Å². The summed E-state index contributed by atoms with van der Waals surface area (Å²) in [5.41, 5.74) is 0. The maximum absolute atomic E-state index is 13.7. The molecule has 1 aromatic rings. The first-order chi connectivity index (χ1) is 12.5. The Morgan fingerprint density at radius 3 is 2.37 bits per heavy atom. The number of nitrogens with zero attached hydrogens (tertiary/aromatic N) is 1. The number of piperidine rings is 1. The van der Waals surface area contributed by atoms with E-state index in [4.69, 9.17) is 0 Å². The summed E-state index contributed by atoms with van der Waals surface area (Å²) < 4.78 is 64.6. The van der Waals surface area contributed by atoms with Crippen molar-refractivity contribution in [1.82, 2.24) is 14.3 Å². The van der Waals surface area contributed by atoms with Crippen molar-refractivity contribution < 1.29 is 26.0 Å². The van der Waals surface area contributed by atoms with E-state index in [1.807, 2.05) is 0 Å². The maximum atomic E-state index is 13.7. The lowest BCUT2D eigenvalue weighted by Crippen LogP contribution is -2.47. The van der Waals surface area contributed by atoms with Gasteiger partial charge in [0, 0.05) is 19.6 Å². The second-order valence-corrected chi connectivity index (χ2v) is 10.3. The number of benzene rings is 1. The van der Waals surface area contributed by atoms with Gasteiger partial charge in [-0.15, -0.1) is 0 Å². The Balaban J connectivity index is 1.85. The van der Waals surface area contributed by atoms with E-state index >= 15 is 0 Å². The number of rotatable bonds is 7. The lowest BCUT2D eigenvalue weighted by Gasteiger charge is -2.30. The molecule has 0 bridgehead atoms. The van der Waals surface area contributed by atoms with Crippen LogP contribution in [0.3, 0.4) is 0 Å². The maximum Gasteiger partial charge on any atom is 0.244 e. The molecular formula is C16H24FN3O5S2. The highest BCUT2D eigenvalue weighted by Gasteiger charge is 2.27. The molecule has 1 aliphatic heterocycles. The minimum absolute atomic E-state index is 0.113. The van der Waals surface area contributed by atoms with E-state index in [0.29, 0.717) is 32.5 Å². The van der Waals surface area contributed by atoms with Gasteiger partial charge in [0.1, 0.15) is 10.7 Å². The lowest BCUT2D eigenvalue weighted by atomic mass is 9.98. The minimum atomic E-state index is -4.16. The molecule has 2 rings (SSSR count). The number of carbonyl (C=O) groups is 1. The van der Waals surface area contributed by atoms with Crippen LogP contribution in [0.15, 0.2) is 29.2 Å². The van der Waals surface area contributed by atoms with Gasteiger partial charge in [-0.2, -0.15) is 4.72 Å². The number of carbonyl (C=O) groups excluding carboxylic acids is 1. The van der Waals surface area contributed by atoms with Crippen LogP contribution < -0.4 is 10.0 Å². The third-order valence-corrected chi connectivity index (χ3v) is 7.34. The Hall–Kier alpha value is -1.56. The first kappa shape index (κ1) is 21.7. The van der Waals surface area contributed by atoms with Crippen LogP contribution in [0.2, 0.25) is 0 Å². The van der Waals surface area contributed by atoms with Gasteiger partial charge in [0.05, 0.1) is 12.3 Å². The van der Waals surface area contributed by atoms with E-state index in [1.54, 1.807) is 0 Å². The van der Waals surface area contributed by atoms with Gasteiger partial charge in [0.2, 0.25) is 26.0 Å². The number of hydrogen-bond acceptors (Lipinski definition) is 5. The van der Waals surface area contributed by atoms with Crippen molar-refractivity contribution >= 4 is 26.0 Å². The Bertz CT molecular complexity index is 881. The summed E-state index contributed by atoms with van der Waals surface area (Å²) in [6.45, 7) is 2.49. The summed E-state index contributed by atoms with van der Waals surface area (Å²) in [6.07, 6.45) is 2.39. The molecule has 1 aliphatic rings. The van der Waals surface area contributed by atoms with E-state index < -0.39 is 42.7 Å². The number of halogens is 1. The predicted octanol–water partition coefficient (Wildman–Crippen LogP) is 0.280. The van der Waals surface area contributed by atoms with Crippen molar-refractivity contribution in [2.45, 2.75) is 30.7 Å². The summed E-state index contributed by atoms with van der Waals surface area (Å²) in [4.78, 5) is 11.6. The van der Waals surface area contributed by atoms with Crippen LogP contribution in [0, 0.1) is 11.7 Å². The van der Waals surface area contributed by atoms with Crippen molar-refractivity contribution in [2.75, 3.05) is 25.9 Å². The number of hydrogen-bond donors (Lipinski definition) is 2. The Labute approximate surface area is 159 Å². The van der Waals surface area contributed by atoms with Crippen LogP contribution >= 0.6 is 0 Å². The molecule has 27 heavy (non-hydrogen) atoms. The summed E-state index contributed by atoms with van der Waals surface area (Å²) in [6, 6.07) is 3.84. The molecule has 11 heteroatoms. The summed E-state index contributed by atoms with van der Waals surface area (Å²) >= 11 is 0. The average molecular weight is 422 g/mol. The van der Waals surface area contributed by atoms with Gasteiger partial charge in [-0.05, 0) is 37.8 Å². The van der Waals surface area contributed by atoms with Crippen LogP contribution in [-0.4, -0.2) is 59.0 Å². The number of amides is 1. The molecule has 0 spiro atoms. The topological polar surface area (TPSA) is 113 Å². The van der Waals surface area contributed by atoms with Gasteiger partial charge in [-0.25, -0.2) is 25.5 Å². The summed E-state index contributed by atoms with van der Waals surface area (Å²) in [7, 11) is -7.37. The van der Waals surface area contributed by atoms with E-state index in [2.05, 4.69) is 10.0 Å². The highest BCUT2D eigenvalue weighted by molar-refractivity contribution is 7.89. The highest BCUT2D eigenvalue weighted by Crippen LogP contribution is 2.18. The van der Waals surface area contributed by atoms with Gasteiger partial charge in [0.25, 0.3) is 0 Å². The molecule has 0 saturated carbocycles. The second-order valence-electron chi connectivity index (χ2n) is 6.62. The lowest BCUT2D eigenvalue weighted by molar-refractivity contribution is -0.122. The molecule has 0 unspecified atom stereocenters. The molecular weight excluding hydrogens is 397 g/mol. The SMILES string of the molecule is C[C@H](NS(=O)(=O)c1ccccc1F)C(=O)NCC1CCN(S(C)(=O)=O)CC1. The first-order valence-corrected chi connectivity index (χ1v) is 11.8. The Morgan fingerprint density at radius 2 is 1.81 bits per heavy atom. The van der Waals surface area contributed by atoms with Crippen molar-refractivity contribution in [1.29, 1.82) is 0 Å². The fourth-order valence-corrected chi connectivity index (χ4v) is 5.01. The monoisotopic (exact) mass is 421 g/mol. The minimum Gasteiger partial charge on any atom is -0.354 e. The quantitative estimate of drug-likeness (QED) is 0.657. The molecule has 0 radical (unpaired) electrons. The van der Waals surface area contributed by atoms with Crippen molar-refractivity contribution in [3.8, 4) is 0 Å². The zero-order valence-electron chi connectivity index (χ0n) is 15.2. The van der Waals surface area contributed by atoms with E-state index in [-0.39, 0.29) is 5.92 Å². The molecule has 1 fully saturated rings. The summed E-state index contributed by atoms with van der Waals surface area (Å²) in [5.74, 6) is -1.31. The standard InChI is InChI=1S/C16H24FN3O5S2/c1-12(19-27(24,25)15-6-4-3-5-14(15)17)16(21)18-11-13-7-9-20(10-8-13)26(2,22)23/h3-6,12-13,19H,7-11H2,1-2H3,(H,18,21)/t12-/m0/s1. The third kappa shape index (κ3) is 5.96. The predicted molar refractivity (Wildman–Crippen MR) is 98.3 cm³/mol. The zero-order valence-corrected chi connectivity index (χ0v) is 16.8. The highest BCUT2D eigenvalue weighted by atomic mass is 32.2. The number of sulfonamides is 2. The molecule has 0 aromatic heterocycles. The van der Waals surface area contributed by atoms with Crippen LogP contribution in [0.4, 0.5) is 4.39 Å². The Morgan fingerprint density at radius 1 is 1.22 bits per heavy atom. The molecule has 1 amide bonds. The van der Waals surface area contributed by atoms with Gasteiger partial charge in [-0.1, -0.05) is 12.1 Å². The van der Waals surface area contributed by atoms with Gasteiger partial charge < -0.3 is 5.32 Å². The van der Waals surface area contributed by atoms with Crippen LogP contribution in [0.1, 0.15) is 19.8 Å². The van der Waals surface area contributed by atoms with Crippen molar-refractivity contribution in [2.24, 2.45) is 5.92 Å². The normalized spacial score (nSPS) is 18.2. The second kappa shape index (κ2) is 8.63. The molecule has 1 saturated heterocycles. The largest absolute Gasteiger partial charge is 0.354 e. The first-order valence-electron chi connectivity index (χ1n) is 8.50. The van der Waals surface area contributed by atoms with Gasteiger partial charge >= 0.3 is 0 Å². The van der Waals surface area contributed by atoms with Crippen molar-refractivity contribution in [3.05, 3.63) is 30.1 Å². The third-order valence-electron chi connectivity index (χ3n) is 4.46. The van der Waals surface area contributed by atoms with Gasteiger partial charge in [0.15, 0.2) is 0 Å². The number of nitrogens with one attached hydrogen (secondary N) is 2. The smallest absolute Gasteiger partial charge is 0.244 e. The average Bonchev–Trinajstić information content (AvgIpc) is 2.59. The fraction of sp³-hybridized carbons (Fsp3) is 0.562. The van der Waals surface area contributed by atoms with E-state index in [1.165, 1.54) is 29.6 Å². The Kier molecular flexibility index (Phi) is 6.95. The van der Waals surface area contributed by atoms with Crippen LogP contribution in [0.25, 0.3) is 0 Å². The molecule has 1 atom stereocenters. The van der Waals surface area contributed by atoms with Gasteiger partial charge in [-0.3, -0.25) is 4.79 Å². The zero-order chi connectivity index (χ0) is 20.2. The van der Waals surface area contributed by atoms with E-state index in [9.17, 15) is 26.0 Å². The molecule has 1 aromatic carbocycles. The molecule has 8 nitrogen and oxygen atoms in total. The fourth-order valence-electron chi connectivity index (χ4n) is 2.86. The van der Waals surface area contributed by atoms with Crippen molar-refractivity contribution in [3.63, 3.8) is 0 Å². The molecule has 1 heterocycles. The molecule has 2 N–H and O–H groups in total. The molecule has 0 aliphatic carbocycles.